The summed E-state index contributed by atoms with van der Waals surface area (Å²) in [6, 6.07) is 9.58. The molecule has 0 bridgehead atoms. The van der Waals surface area contributed by atoms with Crippen LogP contribution in [0.15, 0.2) is 41.7 Å². The third-order valence-electron chi connectivity index (χ3n) is 4.29. The van der Waals surface area contributed by atoms with Gasteiger partial charge in [-0.1, -0.05) is 30.0 Å². The van der Waals surface area contributed by atoms with Crippen LogP contribution in [-0.4, -0.2) is 52.6 Å². The SMILES string of the molecule is CSc1ncc(C(=O)NCCCN2CCCC2=O)c(Nc2ccccc2)n1. The second-order valence-electron chi connectivity index (χ2n) is 6.20. The summed E-state index contributed by atoms with van der Waals surface area (Å²) in [7, 11) is 0. The highest BCUT2D eigenvalue weighted by Gasteiger charge is 2.19. The van der Waals surface area contributed by atoms with Crippen LogP contribution in [0.4, 0.5) is 11.5 Å². The molecule has 0 unspecified atom stereocenters. The minimum absolute atomic E-state index is 0.205. The number of hydrogen-bond acceptors (Lipinski definition) is 6. The Kier molecular flexibility index (Phi) is 6.64. The molecule has 0 aliphatic carbocycles. The molecule has 2 amide bonds. The fraction of sp³-hybridized carbons (Fsp3) is 0.368. The minimum Gasteiger partial charge on any atom is -0.352 e. The average Bonchev–Trinajstić information content (AvgIpc) is 3.10. The number of thioether (sulfide) groups is 1. The molecule has 3 rings (SSSR count). The van der Waals surface area contributed by atoms with Crippen LogP contribution in [0.3, 0.4) is 0 Å². The van der Waals surface area contributed by atoms with Gasteiger partial charge in [0.25, 0.3) is 5.91 Å². The maximum Gasteiger partial charge on any atom is 0.256 e. The second kappa shape index (κ2) is 9.36. The standard InChI is InChI=1S/C19H23N5O2S/c1-27-19-21-13-15(17(23-19)22-14-7-3-2-4-8-14)18(26)20-10-6-12-24-11-5-9-16(24)25/h2-4,7-8,13H,5-6,9-12H2,1H3,(H,20,26)(H,21,22,23). The Balaban J connectivity index is 1.61. The number of para-hydroxylation sites is 1. The van der Waals surface area contributed by atoms with E-state index >= 15 is 0 Å². The molecule has 7 nitrogen and oxygen atoms in total. The number of aromatic nitrogens is 2. The van der Waals surface area contributed by atoms with Crippen molar-refractivity contribution in [2.24, 2.45) is 0 Å². The Morgan fingerprint density at radius 3 is 2.81 bits per heavy atom. The molecule has 1 aliphatic heterocycles. The molecule has 1 aromatic carbocycles. The van der Waals surface area contributed by atoms with E-state index in [9.17, 15) is 9.59 Å². The molecule has 2 N–H and O–H groups in total. The molecule has 0 atom stereocenters. The van der Waals surface area contributed by atoms with Crippen LogP contribution in [0.2, 0.25) is 0 Å². The lowest BCUT2D eigenvalue weighted by atomic mass is 10.2. The average molecular weight is 385 g/mol. The molecule has 2 aromatic rings. The van der Waals surface area contributed by atoms with Gasteiger partial charge in [-0.05, 0) is 31.2 Å². The summed E-state index contributed by atoms with van der Waals surface area (Å²) in [5, 5.41) is 6.68. The first-order chi connectivity index (χ1) is 13.2. The van der Waals surface area contributed by atoms with Crippen LogP contribution in [0.25, 0.3) is 0 Å². The number of nitrogens with one attached hydrogen (secondary N) is 2. The number of rotatable bonds is 8. The highest BCUT2D eigenvalue weighted by Crippen LogP contribution is 2.21. The van der Waals surface area contributed by atoms with Crippen LogP contribution in [0, 0.1) is 0 Å². The summed E-state index contributed by atoms with van der Waals surface area (Å²) in [6.07, 6.45) is 5.73. The van der Waals surface area contributed by atoms with Crippen LogP contribution in [-0.2, 0) is 4.79 Å². The van der Waals surface area contributed by atoms with Crippen LogP contribution < -0.4 is 10.6 Å². The van der Waals surface area contributed by atoms with E-state index in [-0.39, 0.29) is 11.8 Å². The molecule has 8 heteroatoms. The first kappa shape index (κ1) is 19.2. The molecular formula is C19H23N5O2S. The molecule has 1 fully saturated rings. The van der Waals surface area contributed by atoms with E-state index in [2.05, 4.69) is 20.6 Å². The van der Waals surface area contributed by atoms with E-state index in [0.717, 1.165) is 25.1 Å². The summed E-state index contributed by atoms with van der Waals surface area (Å²) < 4.78 is 0. The van der Waals surface area contributed by atoms with Crippen molar-refractivity contribution in [2.45, 2.75) is 24.4 Å². The van der Waals surface area contributed by atoms with E-state index in [0.29, 0.717) is 36.0 Å². The van der Waals surface area contributed by atoms with Crippen LogP contribution in [0.1, 0.15) is 29.6 Å². The Bertz CT molecular complexity index is 800. The van der Waals surface area contributed by atoms with Crippen LogP contribution >= 0.6 is 11.8 Å². The summed E-state index contributed by atoms with van der Waals surface area (Å²) in [5.74, 6) is 0.457. The molecule has 0 saturated carbocycles. The van der Waals surface area contributed by atoms with Gasteiger partial charge in [0.1, 0.15) is 11.4 Å². The fourth-order valence-corrected chi connectivity index (χ4v) is 3.23. The van der Waals surface area contributed by atoms with Gasteiger partial charge in [-0.3, -0.25) is 9.59 Å². The van der Waals surface area contributed by atoms with E-state index in [1.165, 1.54) is 11.8 Å². The Morgan fingerprint density at radius 2 is 2.11 bits per heavy atom. The lowest BCUT2D eigenvalue weighted by Gasteiger charge is -2.16. The maximum absolute atomic E-state index is 12.6. The molecule has 27 heavy (non-hydrogen) atoms. The predicted octanol–water partition coefficient (Wildman–Crippen LogP) is 2.68. The molecule has 142 valence electrons. The lowest BCUT2D eigenvalue weighted by molar-refractivity contribution is -0.127. The van der Waals surface area contributed by atoms with Crippen molar-refractivity contribution < 1.29 is 9.59 Å². The maximum atomic E-state index is 12.6. The van der Waals surface area contributed by atoms with Gasteiger partial charge in [0.05, 0.1) is 0 Å². The molecule has 2 heterocycles. The smallest absolute Gasteiger partial charge is 0.256 e. The number of nitrogens with zero attached hydrogens (tertiary/aromatic N) is 3. The number of carbonyl (C=O) groups is 2. The van der Waals surface area contributed by atoms with E-state index in [1.807, 2.05) is 41.5 Å². The highest BCUT2D eigenvalue weighted by atomic mass is 32.2. The Hall–Kier alpha value is -2.61. The van der Waals surface area contributed by atoms with Gasteiger partial charge >= 0.3 is 0 Å². The topological polar surface area (TPSA) is 87.2 Å². The number of benzene rings is 1. The van der Waals surface area contributed by atoms with E-state index < -0.39 is 0 Å². The zero-order chi connectivity index (χ0) is 19.1. The minimum atomic E-state index is -0.228. The highest BCUT2D eigenvalue weighted by molar-refractivity contribution is 7.98. The van der Waals surface area contributed by atoms with Crippen molar-refractivity contribution in [3.8, 4) is 0 Å². The summed E-state index contributed by atoms with van der Waals surface area (Å²) in [6.45, 7) is 2.00. The van der Waals surface area contributed by atoms with Gasteiger partial charge in [0.15, 0.2) is 5.16 Å². The third kappa shape index (κ3) is 5.19. The molecule has 1 aliphatic rings. The number of likely N-dealkylation sites (tertiary alicyclic amines) is 1. The van der Waals surface area contributed by atoms with Crippen molar-refractivity contribution in [3.63, 3.8) is 0 Å². The normalized spacial score (nSPS) is 13.7. The number of carbonyl (C=O) groups excluding carboxylic acids is 2. The monoisotopic (exact) mass is 385 g/mol. The van der Waals surface area contributed by atoms with Gasteiger partial charge in [-0.25, -0.2) is 9.97 Å². The zero-order valence-corrected chi connectivity index (χ0v) is 16.1. The summed E-state index contributed by atoms with van der Waals surface area (Å²) in [5.41, 5.74) is 1.25. The van der Waals surface area contributed by atoms with Crippen molar-refractivity contribution in [1.29, 1.82) is 0 Å². The number of hydrogen-bond donors (Lipinski definition) is 2. The third-order valence-corrected chi connectivity index (χ3v) is 4.85. The van der Waals surface area contributed by atoms with Crippen molar-refractivity contribution in [1.82, 2.24) is 20.2 Å². The van der Waals surface area contributed by atoms with Crippen LogP contribution in [0.5, 0.6) is 0 Å². The largest absolute Gasteiger partial charge is 0.352 e. The van der Waals surface area contributed by atoms with E-state index in [4.69, 9.17) is 0 Å². The predicted molar refractivity (Wildman–Crippen MR) is 106 cm³/mol. The molecular weight excluding hydrogens is 362 g/mol. The first-order valence-corrected chi connectivity index (χ1v) is 10.2. The molecule has 0 radical (unpaired) electrons. The van der Waals surface area contributed by atoms with Crippen molar-refractivity contribution in [3.05, 3.63) is 42.1 Å². The lowest BCUT2D eigenvalue weighted by Crippen LogP contribution is -2.31. The summed E-state index contributed by atoms with van der Waals surface area (Å²) in [4.78, 5) is 34.7. The molecule has 1 aromatic heterocycles. The first-order valence-electron chi connectivity index (χ1n) is 8.96. The molecule has 0 spiro atoms. The van der Waals surface area contributed by atoms with Gasteiger partial charge in [0.2, 0.25) is 5.91 Å². The zero-order valence-electron chi connectivity index (χ0n) is 15.3. The van der Waals surface area contributed by atoms with Gasteiger partial charge < -0.3 is 15.5 Å². The quantitative estimate of drug-likeness (QED) is 0.413. The number of amides is 2. The molecule has 1 saturated heterocycles. The van der Waals surface area contributed by atoms with Crippen molar-refractivity contribution >= 4 is 35.1 Å². The Labute approximate surface area is 163 Å². The fourth-order valence-electron chi connectivity index (χ4n) is 2.89. The van der Waals surface area contributed by atoms with Gasteiger partial charge in [0, 0.05) is 37.9 Å². The Morgan fingerprint density at radius 1 is 1.30 bits per heavy atom. The van der Waals surface area contributed by atoms with Crippen molar-refractivity contribution in [2.75, 3.05) is 31.2 Å². The van der Waals surface area contributed by atoms with Gasteiger partial charge in [-0.2, -0.15) is 0 Å². The second-order valence-corrected chi connectivity index (χ2v) is 6.98. The number of anilines is 2. The summed E-state index contributed by atoms with van der Waals surface area (Å²) >= 11 is 1.42. The van der Waals surface area contributed by atoms with E-state index in [1.54, 1.807) is 6.20 Å². The van der Waals surface area contributed by atoms with Gasteiger partial charge in [-0.15, -0.1) is 0 Å².